The molecule has 7 heteroatoms. The first-order valence-corrected chi connectivity index (χ1v) is 9.27. The fraction of sp³-hybridized carbons (Fsp3) is 0.333. The Morgan fingerprint density at radius 1 is 1.12 bits per heavy atom. The van der Waals surface area contributed by atoms with Crippen LogP contribution in [0.5, 0.6) is 5.75 Å². The third-order valence-electron chi connectivity index (χ3n) is 3.95. The normalized spacial score (nSPS) is 14.7. The molecule has 0 aliphatic carbocycles. The van der Waals surface area contributed by atoms with Gasteiger partial charge in [0.1, 0.15) is 5.75 Å². The summed E-state index contributed by atoms with van der Waals surface area (Å²) in [6.07, 6.45) is -2.83. The van der Waals surface area contributed by atoms with Gasteiger partial charge in [-0.05, 0) is 60.8 Å². The zero-order valence-corrected chi connectivity index (χ0v) is 14.9. The average molecular weight is 388 g/mol. The average Bonchev–Trinajstić information content (AvgIpc) is 2.78. The molecule has 0 spiro atoms. The molecule has 1 N–H and O–H groups in total. The van der Waals surface area contributed by atoms with Crippen molar-refractivity contribution in [2.75, 3.05) is 13.1 Å². The molecule has 0 bridgehead atoms. The van der Waals surface area contributed by atoms with Crippen LogP contribution in [0.2, 0.25) is 5.02 Å². The van der Waals surface area contributed by atoms with Crippen LogP contribution in [0.1, 0.15) is 16.7 Å². The molecular formula is C18H17ClF3NOS. The fourth-order valence-electron chi connectivity index (χ4n) is 2.85. The zero-order chi connectivity index (χ0) is 17.9. The topological polar surface area (TPSA) is 21.3 Å². The van der Waals surface area contributed by atoms with E-state index in [-0.39, 0.29) is 5.75 Å². The minimum Gasteiger partial charge on any atom is -0.406 e. The Labute approximate surface area is 153 Å². The highest BCUT2D eigenvalue weighted by Crippen LogP contribution is 2.36. The molecule has 0 saturated heterocycles. The third-order valence-corrected chi connectivity index (χ3v) is 5.61. The summed E-state index contributed by atoms with van der Waals surface area (Å²) in [4.78, 5) is 1.02. The first-order chi connectivity index (χ1) is 11.9. The Kier molecular flexibility index (Phi) is 5.81. The molecule has 134 valence electrons. The van der Waals surface area contributed by atoms with E-state index in [0.717, 1.165) is 36.4 Å². The van der Waals surface area contributed by atoms with Gasteiger partial charge in [0.2, 0.25) is 0 Å². The number of thioether (sulfide) groups is 1. The zero-order valence-electron chi connectivity index (χ0n) is 13.3. The predicted octanol–water partition coefficient (Wildman–Crippen LogP) is 5.22. The number of hydrogen-bond acceptors (Lipinski definition) is 3. The highest BCUT2D eigenvalue weighted by atomic mass is 35.5. The summed E-state index contributed by atoms with van der Waals surface area (Å²) in [6.45, 7) is 1.84. The summed E-state index contributed by atoms with van der Waals surface area (Å²) in [7, 11) is 0. The molecule has 0 atom stereocenters. The summed E-state index contributed by atoms with van der Waals surface area (Å²) in [5.74, 6) is 0.325. The van der Waals surface area contributed by atoms with Gasteiger partial charge >= 0.3 is 6.36 Å². The molecule has 0 aromatic heterocycles. The first kappa shape index (κ1) is 18.4. The van der Waals surface area contributed by atoms with Crippen molar-refractivity contribution in [2.24, 2.45) is 0 Å². The minimum absolute atomic E-state index is 0.201. The molecule has 0 radical (unpaired) electrons. The number of fused-ring (bicyclic) bond motifs is 1. The SMILES string of the molecule is FC(F)(F)Oc1cccc(CSc2c(Cl)ccc3c2CCNCC3)c1. The number of nitrogens with one attached hydrogen (secondary N) is 1. The number of halogens is 4. The lowest BCUT2D eigenvalue weighted by Gasteiger charge is -2.14. The second kappa shape index (κ2) is 7.89. The molecule has 2 nitrogen and oxygen atoms in total. The van der Waals surface area contributed by atoms with Gasteiger partial charge in [0.05, 0.1) is 5.02 Å². The van der Waals surface area contributed by atoms with Crippen molar-refractivity contribution in [3.63, 3.8) is 0 Å². The highest BCUT2D eigenvalue weighted by Gasteiger charge is 2.31. The summed E-state index contributed by atoms with van der Waals surface area (Å²) < 4.78 is 41.0. The Bertz CT molecular complexity index is 752. The van der Waals surface area contributed by atoms with E-state index in [9.17, 15) is 13.2 Å². The second-order valence-corrected chi connectivity index (χ2v) is 7.14. The van der Waals surface area contributed by atoms with Crippen molar-refractivity contribution in [3.05, 3.63) is 58.1 Å². The maximum absolute atomic E-state index is 12.4. The lowest BCUT2D eigenvalue weighted by Crippen LogP contribution is -2.17. The highest BCUT2D eigenvalue weighted by molar-refractivity contribution is 7.98. The van der Waals surface area contributed by atoms with Gasteiger partial charge in [0, 0.05) is 10.6 Å². The quantitative estimate of drug-likeness (QED) is 0.727. The molecule has 1 heterocycles. The molecule has 0 unspecified atom stereocenters. The van der Waals surface area contributed by atoms with Crippen LogP contribution in [0.3, 0.4) is 0 Å². The van der Waals surface area contributed by atoms with E-state index in [2.05, 4.69) is 16.1 Å². The van der Waals surface area contributed by atoms with Gasteiger partial charge in [-0.15, -0.1) is 24.9 Å². The Morgan fingerprint density at radius 2 is 1.92 bits per heavy atom. The van der Waals surface area contributed by atoms with E-state index >= 15 is 0 Å². The van der Waals surface area contributed by atoms with Crippen LogP contribution in [0, 0.1) is 0 Å². The predicted molar refractivity (Wildman–Crippen MR) is 94.4 cm³/mol. The van der Waals surface area contributed by atoms with E-state index < -0.39 is 6.36 Å². The van der Waals surface area contributed by atoms with Gasteiger partial charge in [-0.25, -0.2) is 0 Å². The van der Waals surface area contributed by atoms with Gasteiger partial charge < -0.3 is 10.1 Å². The number of ether oxygens (including phenoxy) is 1. The third kappa shape index (κ3) is 5.06. The lowest BCUT2D eigenvalue weighted by molar-refractivity contribution is -0.274. The van der Waals surface area contributed by atoms with E-state index in [4.69, 9.17) is 11.6 Å². The number of rotatable bonds is 4. The summed E-state index contributed by atoms with van der Waals surface area (Å²) >= 11 is 7.94. The Balaban J connectivity index is 1.77. The minimum atomic E-state index is -4.68. The standard InChI is InChI=1S/C18H17ClF3NOS/c19-16-5-4-13-6-8-23-9-7-15(13)17(16)25-11-12-2-1-3-14(10-12)24-18(20,21)22/h1-5,10,23H,6-9,11H2. The van der Waals surface area contributed by atoms with E-state index in [1.807, 2.05) is 6.07 Å². The summed E-state index contributed by atoms with van der Waals surface area (Å²) in [5, 5.41) is 4.06. The van der Waals surface area contributed by atoms with Gasteiger partial charge in [-0.2, -0.15) is 0 Å². The van der Waals surface area contributed by atoms with Crippen LogP contribution in [-0.2, 0) is 18.6 Å². The second-order valence-electron chi connectivity index (χ2n) is 5.75. The number of hydrogen-bond donors (Lipinski definition) is 1. The molecule has 3 rings (SSSR count). The molecule has 25 heavy (non-hydrogen) atoms. The van der Waals surface area contributed by atoms with E-state index in [1.54, 1.807) is 23.9 Å². The van der Waals surface area contributed by atoms with Crippen LogP contribution < -0.4 is 10.1 Å². The van der Waals surface area contributed by atoms with Gasteiger partial charge in [0.15, 0.2) is 0 Å². The molecule has 2 aromatic rings. The molecule has 1 aliphatic heterocycles. The van der Waals surface area contributed by atoms with Gasteiger partial charge in [-0.3, -0.25) is 0 Å². The largest absolute Gasteiger partial charge is 0.573 e. The Morgan fingerprint density at radius 3 is 2.72 bits per heavy atom. The van der Waals surface area contributed by atoms with Crippen molar-refractivity contribution in [2.45, 2.75) is 29.9 Å². The monoisotopic (exact) mass is 387 g/mol. The van der Waals surface area contributed by atoms with Gasteiger partial charge in [0.25, 0.3) is 0 Å². The lowest BCUT2D eigenvalue weighted by atomic mass is 10.0. The maximum Gasteiger partial charge on any atom is 0.573 e. The Hall–Kier alpha value is -1.37. The molecule has 2 aromatic carbocycles. The summed E-state index contributed by atoms with van der Waals surface area (Å²) in [6, 6.07) is 10.0. The molecule has 0 fully saturated rings. The van der Waals surface area contributed by atoms with Crippen molar-refractivity contribution < 1.29 is 17.9 Å². The van der Waals surface area contributed by atoms with Crippen LogP contribution in [0.15, 0.2) is 41.3 Å². The molecule has 0 saturated carbocycles. The smallest absolute Gasteiger partial charge is 0.406 e. The maximum atomic E-state index is 12.4. The van der Waals surface area contributed by atoms with E-state index in [0.29, 0.717) is 10.8 Å². The van der Waals surface area contributed by atoms with Crippen molar-refractivity contribution in [1.82, 2.24) is 5.32 Å². The van der Waals surface area contributed by atoms with Crippen molar-refractivity contribution in [3.8, 4) is 5.75 Å². The van der Waals surface area contributed by atoms with Crippen molar-refractivity contribution >= 4 is 23.4 Å². The van der Waals surface area contributed by atoms with E-state index in [1.165, 1.54) is 23.3 Å². The van der Waals surface area contributed by atoms with Crippen LogP contribution in [-0.4, -0.2) is 19.5 Å². The van der Waals surface area contributed by atoms with Crippen LogP contribution in [0.25, 0.3) is 0 Å². The molecular weight excluding hydrogens is 371 g/mol. The van der Waals surface area contributed by atoms with Crippen molar-refractivity contribution in [1.29, 1.82) is 0 Å². The summed E-state index contributed by atoms with van der Waals surface area (Å²) in [5.41, 5.74) is 3.28. The first-order valence-electron chi connectivity index (χ1n) is 7.91. The van der Waals surface area contributed by atoms with Crippen LogP contribution >= 0.6 is 23.4 Å². The number of alkyl halides is 3. The fourth-order valence-corrected chi connectivity index (χ4v) is 4.30. The number of benzene rings is 2. The van der Waals surface area contributed by atoms with Crippen LogP contribution in [0.4, 0.5) is 13.2 Å². The molecule has 1 aliphatic rings. The molecule has 0 amide bonds. The van der Waals surface area contributed by atoms with Gasteiger partial charge in [-0.1, -0.05) is 29.8 Å².